The highest BCUT2D eigenvalue weighted by Gasteiger charge is 2.28. The summed E-state index contributed by atoms with van der Waals surface area (Å²) in [6.45, 7) is 6.42. The minimum Gasteiger partial charge on any atom is -0.487 e. The van der Waals surface area contributed by atoms with E-state index in [-0.39, 0.29) is 5.60 Å². The van der Waals surface area contributed by atoms with E-state index in [0.29, 0.717) is 0 Å². The molecular formula is C13H19NO. The van der Waals surface area contributed by atoms with Gasteiger partial charge in [-0.3, -0.25) is 0 Å². The molecule has 0 aliphatic carbocycles. The summed E-state index contributed by atoms with van der Waals surface area (Å²) in [4.78, 5) is 0. The third kappa shape index (κ3) is 2.51. The maximum absolute atomic E-state index is 6.13. The van der Waals surface area contributed by atoms with Gasteiger partial charge in [0.25, 0.3) is 0 Å². The van der Waals surface area contributed by atoms with E-state index in [4.69, 9.17) is 4.74 Å². The van der Waals surface area contributed by atoms with Gasteiger partial charge < -0.3 is 10.1 Å². The maximum atomic E-state index is 6.13. The van der Waals surface area contributed by atoms with Crippen LogP contribution in [0.5, 0.6) is 5.75 Å². The quantitative estimate of drug-likeness (QED) is 0.801. The molecule has 0 bridgehead atoms. The summed E-state index contributed by atoms with van der Waals surface area (Å²) in [6.07, 6.45) is 2.17. The summed E-state index contributed by atoms with van der Waals surface area (Å²) >= 11 is 0. The van der Waals surface area contributed by atoms with E-state index in [0.717, 1.165) is 31.7 Å². The zero-order valence-electron chi connectivity index (χ0n) is 9.55. The lowest BCUT2D eigenvalue weighted by molar-refractivity contribution is 0.0549. The molecule has 1 aromatic carbocycles. The fraction of sp³-hybridized carbons (Fsp3) is 0.538. The van der Waals surface area contributed by atoms with Crippen molar-refractivity contribution in [3.63, 3.8) is 0 Å². The van der Waals surface area contributed by atoms with Gasteiger partial charge in [-0.05, 0) is 51.4 Å². The van der Waals surface area contributed by atoms with E-state index in [1.165, 1.54) is 5.56 Å². The van der Waals surface area contributed by atoms with Gasteiger partial charge in [-0.1, -0.05) is 18.2 Å². The Morgan fingerprint density at radius 3 is 2.53 bits per heavy atom. The Hall–Kier alpha value is -1.02. The molecule has 0 amide bonds. The Morgan fingerprint density at radius 2 is 1.87 bits per heavy atom. The third-order valence-corrected chi connectivity index (χ3v) is 3.11. The molecule has 2 rings (SSSR count). The summed E-state index contributed by atoms with van der Waals surface area (Å²) < 4.78 is 6.13. The van der Waals surface area contributed by atoms with E-state index in [1.54, 1.807) is 0 Å². The monoisotopic (exact) mass is 205 g/mol. The minimum atomic E-state index is 0.0113. The average Bonchev–Trinajstić information content (AvgIpc) is 2.22. The molecule has 1 N–H and O–H groups in total. The first kappa shape index (κ1) is 10.5. The zero-order valence-corrected chi connectivity index (χ0v) is 9.55. The van der Waals surface area contributed by atoms with Crippen LogP contribution in [0.4, 0.5) is 0 Å². The zero-order chi connectivity index (χ0) is 10.7. The van der Waals surface area contributed by atoms with Gasteiger partial charge in [-0.25, -0.2) is 0 Å². The Morgan fingerprint density at radius 1 is 1.20 bits per heavy atom. The molecule has 1 aromatic rings. The number of para-hydroxylation sites is 1. The molecule has 0 atom stereocenters. The highest BCUT2D eigenvalue weighted by Crippen LogP contribution is 2.27. The molecular weight excluding hydrogens is 186 g/mol. The highest BCUT2D eigenvalue weighted by molar-refractivity contribution is 5.32. The number of hydrogen-bond acceptors (Lipinski definition) is 2. The van der Waals surface area contributed by atoms with Crippen molar-refractivity contribution in [2.24, 2.45) is 0 Å². The molecule has 0 spiro atoms. The van der Waals surface area contributed by atoms with E-state index in [9.17, 15) is 0 Å². The number of benzene rings is 1. The molecule has 1 heterocycles. The van der Waals surface area contributed by atoms with Gasteiger partial charge in [-0.2, -0.15) is 0 Å². The third-order valence-electron chi connectivity index (χ3n) is 3.11. The van der Waals surface area contributed by atoms with Crippen LogP contribution >= 0.6 is 0 Å². The van der Waals surface area contributed by atoms with Crippen molar-refractivity contribution >= 4 is 0 Å². The number of piperidine rings is 1. The van der Waals surface area contributed by atoms with Gasteiger partial charge in [0.05, 0.1) is 0 Å². The molecule has 0 radical (unpaired) electrons. The molecule has 1 fully saturated rings. The molecule has 0 saturated carbocycles. The maximum Gasteiger partial charge on any atom is 0.123 e. The molecule has 1 aliphatic rings. The Kier molecular flexibility index (Phi) is 2.96. The first-order valence-corrected chi connectivity index (χ1v) is 5.65. The average molecular weight is 205 g/mol. The number of rotatable bonds is 2. The molecule has 1 aliphatic heterocycles. The fourth-order valence-corrected chi connectivity index (χ4v) is 1.99. The van der Waals surface area contributed by atoms with E-state index in [2.05, 4.69) is 31.3 Å². The predicted octanol–water partition coefficient (Wildman–Crippen LogP) is 2.52. The lowest BCUT2D eigenvalue weighted by Crippen LogP contribution is -2.43. The second-order valence-electron chi connectivity index (χ2n) is 4.57. The van der Waals surface area contributed by atoms with Gasteiger partial charge in [0.1, 0.15) is 11.4 Å². The largest absolute Gasteiger partial charge is 0.487 e. The number of hydrogen-bond donors (Lipinski definition) is 1. The molecule has 0 aromatic heterocycles. The summed E-state index contributed by atoms with van der Waals surface area (Å²) in [5.41, 5.74) is 1.23. The van der Waals surface area contributed by atoms with E-state index in [1.807, 2.05) is 12.1 Å². The SMILES string of the molecule is Cc1ccccc1OC1(C)CCNCC1. The fourth-order valence-electron chi connectivity index (χ4n) is 1.99. The smallest absolute Gasteiger partial charge is 0.123 e. The Labute approximate surface area is 91.6 Å². The van der Waals surface area contributed by atoms with Crippen LogP contribution in [0.1, 0.15) is 25.3 Å². The molecule has 2 nitrogen and oxygen atoms in total. The van der Waals surface area contributed by atoms with Crippen molar-refractivity contribution in [1.29, 1.82) is 0 Å². The van der Waals surface area contributed by atoms with Gasteiger partial charge in [-0.15, -0.1) is 0 Å². The van der Waals surface area contributed by atoms with Crippen LogP contribution in [-0.4, -0.2) is 18.7 Å². The van der Waals surface area contributed by atoms with Crippen LogP contribution < -0.4 is 10.1 Å². The van der Waals surface area contributed by atoms with Crippen molar-refractivity contribution in [3.05, 3.63) is 29.8 Å². The highest BCUT2D eigenvalue weighted by atomic mass is 16.5. The van der Waals surface area contributed by atoms with Gasteiger partial charge >= 0.3 is 0 Å². The molecule has 82 valence electrons. The summed E-state index contributed by atoms with van der Waals surface area (Å²) in [6, 6.07) is 8.24. The van der Waals surface area contributed by atoms with Crippen LogP contribution in [0.15, 0.2) is 24.3 Å². The van der Waals surface area contributed by atoms with Crippen LogP contribution in [0.2, 0.25) is 0 Å². The normalized spacial score (nSPS) is 19.9. The topological polar surface area (TPSA) is 21.3 Å². The lowest BCUT2D eigenvalue weighted by atomic mass is 9.94. The van der Waals surface area contributed by atoms with Gasteiger partial charge in [0.2, 0.25) is 0 Å². The Balaban J connectivity index is 2.10. The molecule has 1 saturated heterocycles. The van der Waals surface area contributed by atoms with E-state index >= 15 is 0 Å². The molecule has 2 heteroatoms. The molecule has 15 heavy (non-hydrogen) atoms. The number of nitrogens with one attached hydrogen (secondary N) is 1. The van der Waals surface area contributed by atoms with Crippen LogP contribution in [0.3, 0.4) is 0 Å². The lowest BCUT2D eigenvalue weighted by Gasteiger charge is -2.35. The van der Waals surface area contributed by atoms with Crippen molar-refractivity contribution in [2.75, 3.05) is 13.1 Å². The number of ether oxygens (including phenoxy) is 1. The van der Waals surface area contributed by atoms with Crippen molar-refractivity contribution in [3.8, 4) is 5.75 Å². The van der Waals surface area contributed by atoms with Gasteiger partial charge in [0, 0.05) is 0 Å². The van der Waals surface area contributed by atoms with Crippen LogP contribution in [0.25, 0.3) is 0 Å². The van der Waals surface area contributed by atoms with Gasteiger partial charge in [0.15, 0.2) is 0 Å². The second-order valence-corrected chi connectivity index (χ2v) is 4.57. The van der Waals surface area contributed by atoms with Crippen molar-refractivity contribution < 1.29 is 4.74 Å². The van der Waals surface area contributed by atoms with Crippen LogP contribution in [0, 0.1) is 6.92 Å². The minimum absolute atomic E-state index is 0.0113. The molecule has 0 unspecified atom stereocenters. The summed E-state index contributed by atoms with van der Waals surface area (Å²) in [5.74, 6) is 1.03. The van der Waals surface area contributed by atoms with Crippen molar-refractivity contribution in [1.82, 2.24) is 5.32 Å². The summed E-state index contributed by atoms with van der Waals surface area (Å²) in [5, 5.41) is 3.36. The first-order valence-electron chi connectivity index (χ1n) is 5.65. The van der Waals surface area contributed by atoms with E-state index < -0.39 is 0 Å². The Bertz CT molecular complexity index is 329. The number of aryl methyl sites for hydroxylation is 1. The predicted molar refractivity (Wildman–Crippen MR) is 62.3 cm³/mol. The second kappa shape index (κ2) is 4.23. The first-order chi connectivity index (χ1) is 7.20. The van der Waals surface area contributed by atoms with Crippen molar-refractivity contribution in [2.45, 2.75) is 32.3 Å². The standard InChI is InChI=1S/C13H19NO/c1-11-5-3-4-6-12(11)15-13(2)7-9-14-10-8-13/h3-6,14H,7-10H2,1-2H3. The summed E-state index contributed by atoms with van der Waals surface area (Å²) in [7, 11) is 0. The van der Waals surface area contributed by atoms with Crippen LogP contribution in [-0.2, 0) is 0 Å².